The summed E-state index contributed by atoms with van der Waals surface area (Å²) >= 11 is 0. The molecular formula is C14H18F3NO3. The monoisotopic (exact) mass is 305 g/mol. The molecule has 0 saturated carbocycles. The summed E-state index contributed by atoms with van der Waals surface area (Å²) < 4.78 is 42.3. The highest BCUT2D eigenvalue weighted by Gasteiger charge is 2.30. The maximum Gasteiger partial charge on any atom is 0.416 e. The molecule has 7 heteroatoms. The number of benzene rings is 1. The number of rotatable bonds is 7. The third kappa shape index (κ3) is 5.35. The van der Waals surface area contributed by atoms with E-state index >= 15 is 0 Å². The Balaban J connectivity index is 2.78. The van der Waals surface area contributed by atoms with Crippen LogP contribution in [0.15, 0.2) is 24.3 Å². The number of alkyl halides is 3. The van der Waals surface area contributed by atoms with Crippen LogP contribution in [0.2, 0.25) is 0 Å². The number of amides is 1. The molecule has 0 aliphatic rings. The summed E-state index contributed by atoms with van der Waals surface area (Å²) in [5.74, 6) is -0.408. The van der Waals surface area contributed by atoms with Crippen molar-refractivity contribution < 1.29 is 27.8 Å². The molecule has 0 aliphatic carbocycles. The number of carbonyl (C=O) groups is 1. The number of methoxy groups -OCH3 is 1. The molecule has 118 valence electrons. The third-order valence-corrected chi connectivity index (χ3v) is 2.89. The number of carbonyl (C=O) groups excluding carboxylic acids is 1. The Morgan fingerprint density at radius 3 is 2.33 bits per heavy atom. The predicted octanol–water partition coefficient (Wildman–Crippen LogP) is 2.18. The van der Waals surface area contributed by atoms with E-state index in [4.69, 9.17) is 9.84 Å². The Morgan fingerprint density at radius 2 is 1.86 bits per heavy atom. The first-order chi connectivity index (χ1) is 9.90. The van der Waals surface area contributed by atoms with Crippen LogP contribution in [-0.2, 0) is 10.9 Å². The van der Waals surface area contributed by atoms with Crippen molar-refractivity contribution in [1.29, 1.82) is 0 Å². The summed E-state index contributed by atoms with van der Waals surface area (Å²) in [6.45, 7) is 0.749. The molecule has 0 heterocycles. The van der Waals surface area contributed by atoms with E-state index in [2.05, 4.69) is 0 Å². The van der Waals surface area contributed by atoms with Crippen molar-refractivity contribution in [2.75, 3.05) is 33.4 Å². The van der Waals surface area contributed by atoms with Gasteiger partial charge in [-0.2, -0.15) is 13.2 Å². The van der Waals surface area contributed by atoms with Gasteiger partial charge in [0.1, 0.15) is 0 Å². The highest BCUT2D eigenvalue weighted by atomic mass is 19.4. The molecule has 1 amide bonds. The number of halogens is 3. The molecule has 0 aromatic heterocycles. The Hall–Kier alpha value is -1.60. The summed E-state index contributed by atoms with van der Waals surface area (Å²) in [4.78, 5) is 13.6. The van der Waals surface area contributed by atoms with Gasteiger partial charge >= 0.3 is 6.18 Å². The topological polar surface area (TPSA) is 49.8 Å². The summed E-state index contributed by atoms with van der Waals surface area (Å²) in [7, 11) is 1.54. The van der Waals surface area contributed by atoms with Crippen LogP contribution in [0.25, 0.3) is 0 Å². The average molecular weight is 305 g/mol. The summed E-state index contributed by atoms with van der Waals surface area (Å²) in [6.07, 6.45) is -3.84. The van der Waals surface area contributed by atoms with Crippen LogP contribution in [0.1, 0.15) is 22.3 Å². The standard InChI is InChI=1S/C14H18F3NO3/c1-21-10-2-7-18(8-9-19)13(20)11-3-5-12(6-4-11)14(15,16)17/h3-6,19H,2,7-10H2,1H3. The van der Waals surface area contributed by atoms with Gasteiger partial charge in [0.25, 0.3) is 5.91 Å². The van der Waals surface area contributed by atoms with Crippen LogP contribution in [-0.4, -0.2) is 49.3 Å². The van der Waals surface area contributed by atoms with Crippen molar-refractivity contribution in [3.8, 4) is 0 Å². The lowest BCUT2D eigenvalue weighted by atomic mass is 10.1. The molecule has 0 aliphatic heterocycles. The zero-order valence-electron chi connectivity index (χ0n) is 11.7. The first-order valence-electron chi connectivity index (χ1n) is 6.46. The van der Waals surface area contributed by atoms with Gasteiger partial charge in [0.05, 0.1) is 12.2 Å². The second-order valence-corrected chi connectivity index (χ2v) is 4.44. The Morgan fingerprint density at radius 1 is 1.24 bits per heavy atom. The zero-order chi connectivity index (χ0) is 15.9. The van der Waals surface area contributed by atoms with Gasteiger partial charge in [-0.3, -0.25) is 4.79 Å². The van der Waals surface area contributed by atoms with E-state index in [1.807, 2.05) is 0 Å². The number of aliphatic hydroxyl groups is 1. The summed E-state index contributed by atoms with van der Waals surface area (Å²) in [5.41, 5.74) is -0.638. The van der Waals surface area contributed by atoms with E-state index in [0.29, 0.717) is 19.6 Å². The van der Waals surface area contributed by atoms with E-state index in [1.165, 1.54) is 12.0 Å². The van der Waals surface area contributed by atoms with Crippen LogP contribution in [0.3, 0.4) is 0 Å². The lowest BCUT2D eigenvalue weighted by Crippen LogP contribution is -2.35. The van der Waals surface area contributed by atoms with Crippen molar-refractivity contribution in [2.45, 2.75) is 12.6 Å². The van der Waals surface area contributed by atoms with E-state index < -0.39 is 17.6 Å². The number of ether oxygens (including phenoxy) is 1. The van der Waals surface area contributed by atoms with E-state index in [-0.39, 0.29) is 18.7 Å². The SMILES string of the molecule is COCCCN(CCO)C(=O)c1ccc(C(F)(F)F)cc1. The van der Waals surface area contributed by atoms with Gasteiger partial charge in [0.15, 0.2) is 0 Å². The largest absolute Gasteiger partial charge is 0.416 e. The minimum absolute atomic E-state index is 0.129. The number of nitrogens with zero attached hydrogens (tertiary/aromatic N) is 1. The molecule has 1 rings (SSSR count). The van der Waals surface area contributed by atoms with Gasteiger partial charge < -0.3 is 14.7 Å². The van der Waals surface area contributed by atoms with Crippen LogP contribution in [0.4, 0.5) is 13.2 Å². The second kappa shape index (κ2) is 7.99. The van der Waals surface area contributed by atoms with Gasteiger partial charge in [0, 0.05) is 32.4 Å². The molecule has 0 saturated heterocycles. The molecule has 4 nitrogen and oxygen atoms in total. The molecule has 0 fully saturated rings. The van der Waals surface area contributed by atoms with Gasteiger partial charge in [0.2, 0.25) is 0 Å². The van der Waals surface area contributed by atoms with E-state index in [9.17, 15) is 18.0 Å². The number of hydrogen-bond acceptors (Lipinski definition) is 3. The molecule has 21 heavy (non-hydrogen) atoms. The van der Waals surface area contributed by atoms with Gasteiger partial charge in [-0.1, -0.05) is 0 Å². The van der Waals surface area contributed by atoms with Crippen molar-refractivity contribution >= 4 is 5.91 Å². The normalized spacial score (nSPS) is 11.5. The average Bonchev–Trinajstić information content (AvgIpc) is 2.45. The Bertz CT molecular complexity index is 446. The number of aliphatic hydroxyl groups excluding tert-OH is 1. The smallest absolute Gasteiger partial charge is 0.395 e. The maximum absolute atomic E-state index is 12.5. The fourth-order valence-corrected chi connectivity index (χ4v) is 1.82. The second-order valence-electron chi connectivity index (χ2n) is 4.44. The molecule has 0 bridgehead atoms. The lowest BCUT2D eigenvalue weighted by Gasteiger charge is -2.22. The zero-order valence-corrected chi connectivity index (χ0v) is 11.7. The van der Waals surface area contributed by atoms with E-state index in [1.54, 1.807) is 0 Å². The lowest BCUT2D eigenvalue weighted by molar-refractivity contribution is -0.137. The summed E-state index contributed by atoms with van der Waals surface area (Å²) in [5, 5.41) is 8.97. The van der Waals surface area contributed by atoms with Crippen molar-refractivity contribution in [2.24, 2.45) is 0 Å². The molecule has 1 aromatic carbocycles. The molecule has 0 radical (unpaired) electrons. The van der Waals surface area contributed by atoms with Gasteiger partial charge in [-0.15, -0.1) is 0 Å². The highest BCUT2D eigenvalue weighted by molar-refractivity contribution is 5.94. The molecule has 0 atom stereocenters. The predicted molar refractivity (Wildman–Crippen MR) is 70.9 cm³/mol. The minimum atomic E-state index is -4.43. The van der Waals surface area contributed by atoms with Crippen LogP contribution >= 0.6 is 0 Å². The molecular weight excluding hydrogens is 287 g/mol. The third-order valence-electron chi connectivity index (χ3n) is 2.89. The maximum atomic E-state index is 12.5. The Kier molecular flexibility index (Phi) is 6.64. The van der Waals surface area contributed by atoms with Crippen molar-refractivity contribution in [3.63, 3.8) is 0 Å². The van der Waals surface area contributed by atoms with Crippen molar-refractivity contribution in [1.82, 2.24) is 4.90 Å². The van der Waals surface area contributed by atoms with Crippen LogP contribution in [0.5, 0.6) is 0 Å². The van der Waals surface area contributed by atoms with Crippen LogP contribution < -0.4 is 0 Å². The summed E-state index contributed by atoms with van der Waals surface area (Å²) in [6, 6.07) is 4.04. The highest BCUT2D eigenvalue weighted by Crippen LogP contribution is 2.29. The molecule has 0 unspecified atom stereocenters. The first kappa shape index (κ1) is 17.5. The van der Waals surface area contributed by atoms with E-state index in [0.717, 1.165) is 24.3 Å². The van der Waals surface area contributed by atoms with Gasteiger partial charge in [-0.25, -0.2) is 0 Å². The molecule has 1 aromatic rings. The Labute approximate surface area is 121 Å². The van der Waals surface area contributed by atoms with Gasteiger partial charge in [-0.05, 0) is 30.7 Å². The van der Waals surface area contributed by atoms with Crippen molar-refractivity contribution in [3.05, 3.63) is 35.4 Å². The fraction of sp³-hybridized carbons (Fsp3) is 0.500. The minimum Gasteiger partial charge on any atom is -0.395 e. The first-order valence-corrected chi connectivity index (χ1v) is 6.46. The fourth-order valence-electron chi connectivity index (χ4n) is 1.82. The molecule has 1 N–H and O–H groups in total. The molecule has 0 spiro atoms. The quantitative estimate of drug-likeness (QED) is 0.786. The van der Waals surface area contributed by atoms with Crippen LogP contribution in [0, 0.1) is 0 Å². The number of hydrogen-bond donors (Lipinski definition) is 1.